The number of aromatic hydroxyl groups is 1. The molecule has 0 aliphatic rings. The molecule has 0 aliphatic carbocycles. The van der Waals surface area contributed by atoms with E-state index in [0.717, 1.165) is 10.8 Å². The van der Waals surface area contributed by atoms with Gasteiger partial charge in [-0.2, -0.15) is 0 Å². The lowest BCUT2D eigenvalue weighted by Gasteiger charge is -2.35. The number of fused-ring (bicyclic) bond motifs is 1. The summed E-state index contributed by atoms with van der Waals surface area (Å²) >= 11 is 0. The summed E-state index contributed by atoms with van der Waals surface area (Å²) in [4.78, 5) is 17.5. The second-order valence-electron chi connectivity index (χ2n) is 5.15. The van der Waals surface area contributed by atoms with Crippen LogP contribution in [-0.4, -0.2) is 33.3 Å². The largest absolute Gasteiger partial charge is 0.508 e. The van der Waals surface area contributed by atoms with Gasteiger partial charge in [0.1, 0.15) is 17.1 Å². The number of likely N-dealkylation sites (N-methyl/N-ethyl adjacent to an activating group) is 1. The third kappa shape index (κ3) is 2.27. The van der Waals surface area contributed by atoms with Gasteiger partial charge in [0, 0.05) is 18.1 Å². The number of aromatic nitrogens is 1. The first-order valence-corrected chi connectivity index (χ1v) is 6.46. The zero-order valence-electron chi connectivity index (χ0n) is 11.8. The second-order valence-corrected chi connectivity index (χ2v) is 5.15. The highest BCUT2D eigenvalue weighted by molar-refractivity contribution is 5.95. The Morgan fingerprint density at radius 3 is 2.65 bits per heavy atom. The lowest BCUT2D eigenvalue weighted by molar-refractivity contribution is -0.142. The molecule has 0 bridgehead atoms. The molecule has 5 nitrogen and oxygen atoms in total. The van der Waals surface area contributed by atoms with Crippen LogP contribution in [0.5, 0.6) is 5.75 Å². The van der Waals surface area contributed by atoms with Crippen LogP contribution in [0.4, 0.5) is 5.82 Å². The van der Waals surface area contributed by atoms with Gasteiger partial charge >= 0.3 is 5.97 Å². The molecule has 106 valence electrons. The van der Waals surface area contributed by atoms with Crippen LogP contribution in [0.1, 0.15) is 20.8 Å². The molecular formula is C15H18N2O3. The first-order valence-electron chi connectivity index (χ1n) is 6.46. The molecule has 0 saturated heterocycles. The molecule has 20 heavy (non-hydrogen) atoms. The molecule has 2 N–H and O–H groups in total. The molecule has 1 heterocycles. The fourth-order valence-corrected chi connectivity index (χ4v) is 2.28. The highest BCUT2D eigenvalue weighted by Gasteiger charge is 2.35. The van der Waals surface area contributed by atoms with Crippen LogP contribution in [0, 0.1) is 0 Å². The number of phenols is 1. The molecular weight excluding hydrogens is 256 g/mol. The lowest BCUT2D eigenvalue weighted by Crippen LogP contribution is -2.50. The van der Waals surface area contributed by atoms with Crippen LogP contribution < -0.4 is 4.90 Å². The van der Waals surface area contributed by atoms with Crippen molar-refractivity contribution in [1.82, 2.24) is 4.98 Å². The van der Waals surface area contributed by atoms with E-state index in [-0.39, 0.29) is 5.75 Å². The van der Waals surface area contributed by atoms with Crippen molar-refractivity contribution < 1.29 is 15.0 Å². The molecule has 0 radical (unpaired) electrons. The quantitative estimate of drug-likeness (QED) is 0.896. The highest BCUT2D eigenvalue weighted by atomic mass is 16.4. The van der Waals surface area contributed by atoms with Crippen molar-refractivity contribution in [3.63, 3.8) is 0 Å². The molecule has 5 heteroatoms. The Hall–Kier alpha value is -2.30. The van der Waals surface area contributed by atoms with Crippen molar-refractivity contribution >= 4 is 22.6 Å². The van der Waals surface area contributed by atoms with Gasteiger partial charge in [-0.3, -0.25) is 0 Å². The monoisotopic (exact) mass is 274 g/mol. The highest BCUT2D eigenvalue weighted by Crippen LogP contribution is 2.31. The average molecular weight is 274 g/mol. The number of carbonyl (C=O) groups is 1. The van der Waals surface area contributed by atoms with Crippen molar-refractivity contribution in [2.75, 3.05) is 11.4 Å². The van der Waals surface area contributed by atoms with E-state index in [1.54, 1.807) is 43.1 Å². The van der Waals surface area contributed by atoms with Gasteiger partial charge in [-0.15, -0.1) is 0 Å². The Morgan fingerprint density at radius 2 is 2.05 bits per heavy atom. The summed E-state index contributed by atoms with van der Waals surface area (Å²) in [6.45, 7) is 5.67. The molecule has 0 unspecified atom stereocenters. The third-order valence-corrected chi connectivity index (χ3v) is 3.50. The maximum absolute atomic E-state index is 11.5. The fraction of sp³-hybridized carbons (Fsp3) is 0.333. The maximum Gasteiger partial charge on any atom is 0.328 e. The number of hydrogen-bond donors (Lipinski definition) is 2. The Balaban J connectivity index is 2.66. The summed E-state index contributed by atoms with van der Waals surface area (Å²) in [5.41, 5.74) is -1.08. The van der Waals surface area contributed by atoms with Gasteiger partial charge in [0.15, 0.2) is 0 Å². The van der Waals surface area contributed by atoms with Gasteiger partial charge in [-0.25, -0.2) is 9.78 Å². The lowest BCUT2D eigenvalue weighted by atomic mass is 10.0. The molecule has 2 aromatic rings. The van der Waals surface area contributed by atoms with Crippen molar-refractivity contribution in [2.24, 2.45) is 0 Å². The summed E-state index contributed by atoms with van der Waals surface area (Å²) in [5.74, 6) is -0.220. The molecule has 1 aromatic carbocycles. The van der Waals surface area contributed by atoms with Gasteiger partial charge in [0.2, 0.25) is 0 Å². The number of benzene rings is 1. The van der Waals surface area contributed by atoms with Gasteiger partial charge < -0.3 is 15.1 Å². The predicted octanol–water partition coefficient (Wildman–Crippen LogP) is 2.63. The number of nitrogens with zero attached hydrogens (tertiary/aromatic N) is 2. The van der Waals surface area contributed by atoms with E-state index in [1.165, 1.54) is 0 Å². The van der Waals surface area contributed by atoms with Crippen molar-refractivity contribution in [3.8, 4) is 5.75 Å². The third-order valence-electron chi connectivity index (χ3n) is 3.50. The first-order chi connectivity index (χ1) is 9.37. The Bertz CT molecular complexity index is 653. The summed E-state index contributed by atoms with van der Waals surface area (Å²) in [6.07, 6.45) is 1.65. The molecule has 0 atom stereocenters. The summed E-state index contributed by atoms with van der Waals surface area (Å²) in [7, 11) is 0. The minimum absolute atomic E-state index is 0.135. The minimum Gasteiger partial charge on any atom is -0.508 e. The Labute approximate surface area is 117 Å². The van der Waals surface area contributed by atoms with Crippen molar-refractivity contribution in [1.29, 1.82) is 0 Å². The average Bonchev–Trinajstić information content (AvgIpc) is 2.39. The first kappa shape index (κ1) is 14.1. The minimum atomic E-state index is -1.08. The summed E-state index contributed by atoms with van der Waals surface area (Å²) in [6, 6.07) is 6.83. The van der Waals surface area contributed by atoms with Gasteiger partial charge in [-0.05, 0) is 44.4 Å². The predicted molar refractivity (Wildman–Crippen MR) is 78.1 cm³/mol. The fourth-order valence-electron chi connectivity index (χ4n) is 2.28. The molecule has 0 amide bonds. The summed E-state index contributed by atoms with van der Waals surface area (Å²) < 4.78 is 0. The standard InChI is InChI=1S/C15H18N2O3/c1-4-17(15(2,3)14(19)20)13-12-9-11(18)6-5-10(12)7-8-16-13/h5-9,18H,4H2,1-3H3,(H,19,20). The van der Waals surface area contributed by atoms with E-state index < -0.39 is 11.5 Å². The molecule has 0 aliphatic heterocycles. The number of pyridine rings is 1. The second kappa shape index (κ2) is 5.00. The van der Waals surface area contributed by atoms with E-state index in [9.17, 15) is 15.0 Å². The number of phenolic OH excluding ortho intramolecular Hbond substituents is 1. The molecule has 2 rings (SSSR count). The maximum atomic E-state index is 11.5. The van der Waals surface area contributed by atoms with Crippen LogP contribution in [0.2, 0.25) is 0 Å². The summed E-state index contributed by atoms with van der Waals surface area (Å²) in [5, 5.41) is 20.7. The van der Waals surface area contributed by atoms with Gasteiger partial charge in [-0.1, -0.05) is 6.07 Å². The zero-order valence-corrected chi connectivity index (χ0v) is 11.8. The van der Waals surface area contributed by atoms with E-state index in [1.807, 2.05) is 13.0 Å². The van der Waals surface area contributed by atoms with Gasteiger partial charge in [0.05, 0.1) is 0 Å². The van der Waals surface area contributed by atoms with Crippen LogP contribution in [0.15, 0.2) is 30.5 Å². The van der Waals surface area contributed by atoms with E-state index in [2.05, 4.69) is 4.98 Å². The number of carboxylic acid groups (broad SMARTS) is 1. The topological polar surface area (TPSA) is 73.7 Å². The van der Waals surface area contributed by atoms with E-state index in [4.69, 9.17) is 0 Å². The van der Waals surface area contributed by atoms with Crippen molar-refractivity contribution in [2.45, 2.75) is 26.3 Å². The number of anilines is 1. The van der Waals surface area contributed by atoms with E-state index >= 15 is 0 Å². The molecule has 0 saturated carbocycles. The number of aliphatic carboxylic acids is 1. The van der Waals surface area contributed by atoms with Crippen LogP contribution in [-0.2, 0) is 4.79 Å². The Kier molecular flexibility index (Phi) is 3.53. The van der Waals surface area contributed by atoms with Gasteiger partial charge in [0.25, 0.3) is 0 Å². The molecule has 1 aromatic heterocycles. The molecule has 0 spiro atoms. The van der Waals surface area contributed by atoms with Crippen molar-refractivity contribution in [3.05, 3.63) is 30.5 Å². The molecule has 0 fully saturated rings. The Morgan fingerprint density at radius 1 is 1.35 bits per heavy atom. The zero-order chi connectivity index (χ0) is 14.9. The normalized spacial score (nSPS) is 11.6. The van der Waals surface area contributed by atoms with E-state index in [0.29, 0.717) is 12.4 Å². The van der Waals surface area contributed by atoms with Crippen LogP contribution in [0.25, 0.3) is 10.8 Å². The number of carboxylic acids is 1. The number of rotatable bonds is 4. The SMILES string of the molecule is CCN(c1nccc2ccc(O)cc12)C(C)(C)C(=O)O. The van der Waals surface area contributed by atoms with Crippen LogP contribution in [0.3, 0.4) is 0 Å². The van der Waals surface area contributed by atoms with Crippen LogP contribution >= 0.6 is 0 Å². The smallest absolute Gasteiger partial charge is 0.328 e. The number of hydrogen-bond acceptors (Lipinski definition) is 4.